The maximum atomic E-state index is 13.3. The molecule has 0 saturated heterocycles. The molecule has 0 amide bonds. The fraction of sp³-hybridized carbons (Fsp3) is 0.0870. The van der Waals surface area contributed by atoms with E-state index in [9.17, 15) is 13.6 Å². The topological polar surface area (TPSA) is 67.5 Å². The second-order valence-corrected chi connectivity index (χ2v) is 6.30. The first kappa shape index (κ1) is 22.8. The van der Waals surface area contributed by atoms with Crippen LogP contribution in [0.3, 0.4) is 0 Å². The Morgan fingerprint density at radius 3 is 1.87 bits per heavy atom. The molecule has 0 heterocycles. The van der Waals surface area contributed by atoms with Gasteiger partial charge in [-0.2, -0.15) is 5.10 Å². The van der Waals surface area contributed by atoms with E-state index in [-0.39, 0.29) is 16.7 Å². The van der Waals surface area contributed by atoms with Crippen molar-refractivity contribution in [1.29, 1.82) is 0 Å². The number of thiocarbonyl (C=S) groups is 1. The van der Waals surface area contributed by atoms with Gasteiger partial charge in [-0.25, -0.2) is 8.78 Å². The number of nitrogens with zero attached hydrogens (tertiary/aromatic N) is 1. The molecule has 0 spiro atoms. The first-order chi connectivity index (χ1) is 14.4. The van der Waals surface area contributed by atoms with E-state index in [1.807, 2.05) is 13.8 Å². The quantitative estimate of drug-likeness (QED) is 0.267. The maximum absolute atomic E-state index is 13.3. The summed E-state index contributed by atoms with van der Waals surface area (Å²) in [5.41, 5.74) is 10.4. The molecule has 0 fully saturated rings. The fourth-order valence-corrected chi connectivity index (χ4v) is 2.64. The standard InChI is InChI=1S/C21H15F2N3OS.C2H6/c22-17-8-4-13(5-9-17)19(25-26-21(24)28)15-2-1-3-16(12-15)20(27)14-6-10-18(23)11-7-14;1-2/h1-12H,(H3,24,26,28);1-2H3/b25-19-;. The van der Waals surface area contributed by atoms with Gasteiger partial charge in [-0.3, -0.25) is 10.2 Å². The number of hydrogen-bond donors (Lipinski definition) is 2. The molecule has 0 unspecified atom stereocenters. The van der Waals surface area contributed by atoms with Crippen molar-refractivity contribution < 1.29 is 13.6 Å². The number of nitrogens with one attached hydrogen (secondary N) is 1. The molecule has 4 nitrogen and oxygen atoms in total. The molecule has 30 heavy (non-hydrogen) atoms. The van der Waals surface area contributed by atoms with Crippen LogP contribution in [0.2, 0.25) is 0 Å². The van der Waals surface area contributed by atoms with Gasteiger partial charge < -0.3 is 5.73 Å². The van der Waals surface area contributed by atoms with E-state index in [0.29, 0.717) is 28.0 Å². The summed E-state index contributed by atoms with van der Waals surface area (Å²) in [6.07, 6.45) is 0. The summed E-state index contributed by atoms with van der Waals surface area (Å²) in [4.78, 5) is 12.7. The minimum Gasteiger partial charge on any atom is -0.375 e. The van der Waals surface area contributed by atoms with E-state index in [0.717, 1.165) is 0 Å². The second kappa shape index (κ2) is 10.9. The maximum Gasteiger partial charge on any atom is 0.193 e. The van der Waals surface area contributed by atoms with Crippen LogP contribution in [0.25, 0.3) is 0 Å². The third-order valence-electron chi connectivity index (χ3n) is 3.90. The number of hydrogen-bond acceptors (Lipinski definition) is 3. The highest BCUT2D eigenvalue weighted by Gasteiger charge is 2.13. The largest absolute Gasteiger partial charge is 0.375 e. The molecule has 154 valence electrons. The summed E-state index contributed by atoms with van der Waals surface area (Å²) in [5.74, 6) is -1.06. The summed E-state index contributed by atoms with van der Waals surface area (Å²) in [5, 5.41) is 4.17. The Hall–Kier alpha value is -3.45. The van der Waals surface area contributed by atoms with Crippen molar-refractivity contribution in [2.24, 2.45) is 10.8 Å². The number of halogens is 2. The van der Waals surface area contributed by atoms with E-state index in [2.05, 4.69) is 10.5 Å². The molecule has 3 aromatic rings. The minimum atomic E-state index is -0.417. The highest BCUT2D eigenvalue weighted by molar-refractivity contribution is 7.80. The zero-order valence-electron chi connectivity index (χ0n) is 16.5. The molecule has 0 aliphatic heterocycles. The average molecular weight is 426 g/mol. The molecule has 3 aromatic carbocycles. The minimum absolute atomic E-state index is 0.0295. The van der Waals surface area contributed by atoms with Gasteiger partial charge in [-0.15, -0.1) is 0 Å². The fourth-order valence-electron chi connectivity index (χ4n) is 2.59. The van der Waals surface area contributed by atoms with Gasteiger partial charge in [0.05, 0.1) is 5.71 Å². The first-order valence-corrected chi connectivity index (χ1v) is 9.64. The van der Waals surface area contributed by atoms with Crippen molar-refractivity contribution in [3.05, 3.63) is 107 Å². The van der Waals surface area contributed by atoms with Gasteiger partial charge in [-0.1, -0.05) is 32.0 Å². The lowest BCUT2D eigenvalue weighted by Crippen LogP contribution is -2.26. The molecular weight excluding hydrogens is 404 g/mol. The molecular formula is C23H21F2N3OS. The van der Waals surface area contributed by atoms with Crippen molar-refractivity contribution in [2.45, 2.75) is 13.8 Å². The van der Waals surface area contributed by atoms with Crippen molar-refractivity contribution in [2.75, 3.05) is 0 Å². The van der Waals surface area contributed by atoms with Gasteiger partial charge in [0.1, 0.15) is 11.6 Å². The van der Waals surface area contributed by atoms with Crippen molar-refractivity contribution in [1.82, 2.24) is 5.43 Å². The van der Waals surface area contributed by atoms with E-state index in [1.54, 1.807) is 36.4 Å². The SMILES string of the molecule is CC.NC(=S)N/N=C(/c1ccc(F)cc1)c1cccc(C(=O)c2ccc(F)cc2)c1. The lowest BCUT2D eigenvalue weighted by molar-refractivity contribution is 0.103. The number of hydrazone groups is 1. The molecule has 3 N–H and O–H groups in total. The number of carbonyl (C=O) groups excluding carboxylic acids is 1. The lowest BCUT2D eigenvalue weighted by Gasteiger charge is -2.10. The van der Waals surface area contributed by atoms with Crippen molar-refractivity contribution in [3.8, 4) is 0 Å². The Balaban J connectivity index is 0.00000155. The van der Waals surface area contributed by atoms with Gasteiger partial charge in [-0.05, 0) is 66.8 Å². The lowest BCUT2D eigenvalue weighted by atomic mass is 9.97. The Morgan fingerprint density at radius 1 is 0.833 bits per heavy atom. The van der Waals surface area contributed by atoms with Crippen LogP contribution in [-0.2, 0) is 0 Å². The van der Waals surface area contributed by atoms with Crippen LogP contribution in [0, 0.1) is 11.6 Å². The highest BCUT2D eigenvalue weighted by Crippen LogP contribution is 2.17. The van der Waals surface area contributed by atoms with Crippen LogP contribution >= 0.6 is 12.2 Å². The molecule has 0 saturated carbocycles. The number of nitrogens with two attached hydrogens (primary N) is 1. The molecule has 0 bridgehead atoms. The van der Waals surface area contributed by atoms with Crippen LogP contribution < -0.4 is 11.2 Å². The van der Waals surface area contributed by atoms with Crippen LogP contribution in [0.4, 0.5) is 8.78 Å². The Morgan fingerprint density at radius 2 is 1.33 bits per heavy atom. The molecule has 0 atom stereocenters. The number of carbonyl (C=O) groups is 1. The number of benzene rings is 3. The molecule has 3 rings (SSSR count). The summed E-state index contributed by atoms with van der Waals surface area (Å²) < 4.78 is 26.4. The zero-order chi connectivity index (χ0) is 22.1. The van der Waals surface area contributed by atoms with Gasteiger partial charge >= 0.3 is 0 Å². The summed E-state index contributed by atoms with van der Waals surface area (Å²) in [6, 6.07) is 17.8. The Kier molecular flexibility index (Phi) is 8.31. The van der Waals surface area contributed by atoms with Crippen LogP contribution in [-0.4, -0.2) is 16.6 Å². The highest BCUT2D eigenvalue weighted by atomic mass is 32.1. The normalized spacial score (nSPS) is 10.6. The predicted octanol–water partition coefficient (Wildman–Crippen LogP) is 4.81. The van der Waals surface area contributed by atoms with Crippen LogP contribution in [0.5, 0.6) is 0 Å². The van der Waals surface area contributed by atoms with Crippen molar-refractivity contribution in [3.63, 3.8) is 0 Å². The van der Waals surface area contributed by atoms with Gasteiger partial charge in [0.15, 0.2) is 10.9 Å². The van der Waals surface area contributed by atoms with Gasteiger partial charge in [0.25, 0.3) is 0 Å². The summed E-state index contributed by atoms with van der Waals surface area (Å²) in [6.45, 7) is 4.00. The van der Waals surface area contributed by atoms with E-state index in [1.165, 1.54) is 36.4 Å². The zero-order valence-corrected chi connectivity index (χ0v) is 17.3. The Labute approximate surface area is 179 Å². The second-order valence-electron chi connectivity index (χ2n) is 5.86. The van der Waals surface area contributed by atoms with Gasteiger partial charge in [0, 0.05) is 22.3 Å². The van der Waals surface area contributed by atoms with Crippen molar-refractivity contribution >= 4 is 28.8 Å². The smallest absolute Gasteiger partial charge is 0.193 e. The predicted molar refractivity (Wildman–Crippen MR) is 120 cm³/mol. The van der Waals surface area contributed by atoms with E-state index < -0.39 is 5.82 Å². The monoisotopic (exact) mass is 425 g/mol. The average Bonchev–Trinajstić information content (AvgIpc) is 2.76. The Bertz CT molecular complexity index is 1050. The number of rotatable bonds is 5. The summed E-state index contributed by atoms with van der Waals surface area (Å²) >= 11 is 4.79. The third kappa shape index (κ3) is 6.02. The molecule has 0 aromatic heterocycles. The molecule has 7 heteroatoms. The molecule has 0 aliphatic carbocycles. The number of ketones is 1. The van der Waals surface area contributed by atoms with Crippen LogP contribution in [0.15, 0.2) is 77.9 Å². The van der Waals surface area contributed by atoms with E-state index >= 15 is 0 Å². The van der Waals surface area contributed by atoms with Crippen LogP contribution in [0.1, 0.15) is 40.9 Å². The summed E-state index contributed by atoms with van der Waals surface area (Å²) in [7, 11) is 0. The molecule has 0 aliphatic rings. The van der Waals surface area contributed by atoms with Gasteiger partial charge in [0.2, 0.25) is 0 Å². The first-order valence-electron chi connectivity index (χ1n) is 9.24. The molecule has 0 radical (unpaired) electrons. The third-order valence-corrected chi connectivity index (χ3v) is 3.99. The van der Waals surface area contributed by atoms with E-state index in [4.69, 9.17) is 18.0 Å².